The van der Waals surface area contributed by atoms with E-state index in [1.807, 2.05) is 0 Å². The van der Waals surface area contributed by atoms with Crippen molar-refractivity contribution in [3.63, 3.8) is 0 Å². The van der Waals surface area contributed by atoms with Crippen LogP contribution in [0.2, 0.25) is 10.0 Å². The van der Waals surface area contributed by atoms with Gasteiger partial charge in [-0.3, -0.25) is 0 Å². The van der Waals surface area contributed by atoms with Crippen molar-refractivity contribution < 1.29 is 8.91 Å². The first-order valence-electron chi connectivity index (χ1n) is 5.89. The number of halogens is 3. The van der Waals surface area contributed by atoms with Crippen molar-refractivity contribution >= 4 is 28.9 Å². The molecule has 3 aromatic rings. The molecule has 0 radical (unpaired) electrons. The van der Waals surface area contributed by atoms with Crippen LogP contribution in [-0.2, 0) is 0 Å². The zero-order chi connectivity index (χ0) is 15.0. The van der Waals surface area contributed by atoms with E-state index in [0.29, 0.717) is 21.8 Å². The van der Waals surface area contributed by atoms with Gasteiger partial charge in [-0.1, -0.05) is 28.4 Å². The number of anilines is 1. The summed E-state index contributed by atoms with van der Waals surface area (Å²) in [7, 11) is 0. The van der Waals surface area contributed by atoms with Crippen molar-refractivity contribution in [3.05, 3.63) is 52.3 Å². The molecular weight excluding hydrogens is 316 g/mol. The Labute approximate surface area is 129 Å². The molecule has 0 fully saturated rings. The van der Waals surface area contributed by atoms with Crippen LogP contribution < -0.4 is 5.73 Å². The molecule has 3 rings (SSSR count). The minimum atomic E-state index is -0.511. The Kier molecular flexibility index (Phi) is 3.53. The third kappa shape index (κ3) is 2.70. The molecule has 0 amide bonds. The van der Waals surface area contributed by atoms with E-state index < -0.39 is 5.82 Å². The van der Waals surface area contributed by atoms with Gasteiger partial charge in [0.15, 0.2) is 0 Å². The van der Waals surface area contributed by atoms with E-state index in [4.69, 9.17) is 33.5 Å². The minimum Gasteiger partial charge on any atom is -0.398 e. The third-order valence-electron chi connectivity index (χ3n) is 2.85. The highest BCUT2D eigenvalue weighted by Gasteiger charge is 2.14. The van der Waals surface area contributed by atoms with E-state index in [2.05, 4.69) is 10.1 Å². The van der Waals surface area contributed by atoms with Gasteiger partial charge < -0.3 is 10.3 Å². The second kappa shape index (κ2) is 5.35. The Morgan fingerprint density at radius 3 is 2.67 bits per heavy atom. The molecule has 21 heavy (non-hydrogen) atoms. The first kappa shape index (κ1) is 13.9. The van der Waals surface area contributed by atoms with Gasteiger partial charge >= 0.3 is 0 Å². The van der Waals surface area contributed by atoms with Crippen molar-refractivity contribution in [1.29, 1.82) is 0 Å². The van der Waals surface area contributed by atoms with Crippen LogP contribution in [0.25, 0.3) is 22.8 Å². The van der Waals surface area contributed by atoms with Gasteiger partial charge in [0.1, 0.15) is 5.82 Å². The monoisotopic (exact) mass is 323 g/mol. The van der Waals surface area contributed by atoms with Crippen molar-refractivity contribution in [3.8, 4) is 22.8 Å². The van der Waals surface area contributed by atoms with Crippen molar-refractivity contribution in [2.24, 2.45) is 0 Å². The molecule has 0 aliphatic carbocycles. The fraction of sp³-hybridized carbons (Fsp3) is 0. The maximum atomic E-state index is 13.2. The van der Waals surface area contributed by atoms with E-state index >= 15 is 0 Å². The van der Waals surface area contributed by atoms with Gasteiger partial charge in [-0.2, -0.15) is 4.98 Å². The molecule has 2 N–H and O–H groups in total. The van der Waals surface area contributed by atoms with Gasteiger partial charge in [0.25, 0.3) is 5.89 Å². The molecule has 1 aromatic heterocycles. The number of aromatic nitrogens is 2. The van der Waals surface area contributed by atoms with Crippen LogP contribution in [0.5, 0.6) is 0 Å². The molecular formula is C14H8Cl2FN3O. The molecule has 0 aliphatic heterocycles. The molecule has 0 bridgehead atoms. The predicted molar refractivity (Wildman–Crippen MR) is 79.6 cm³/mol. The number of nitrogen functional groups attached to an aromatic ring is 1. The SMILES string of the molecule is Nc1ccc(Cl)cc1-c1nc(-c2ccc(F)c(Cl)c2)no1. The van der Waals surface area contributed by atoms with E-state index in [1.165, 1.54) is 18.2 Å². The fourth-order valence-electron chi connectivity index (χ4n) is 1.80. The smallest absolute Gasteiger partial charge is 0.260 e. The number of rotatable bonds is 2. The average Bonchev–Trinajstić information content (AvgIpc) is 2.94. The first-order valence-corrected chi connectivity index (χ1v) is 6.65. The number of benzene rings is 2. The minimum absolute atomic E-state index is 0.0129. The standard InChI is InChI=1S/C14H8Cl2FN3O/c15-8-2-4-12(18)9(6-8)14-19-13(20-21-14)7-1-3-11(17)10(16)5-7/h1-6H,18H2. The zero-order valence-electron chi connectivity index (χ0n) is 10.5. The maximum Gasteiger partial charge on any atom is 0.260 e. The first-order chi connectivity index (χ1) is 10.0. The summed E-state index contributed by atoms with van der Waals surface area (Å²) in [5.41, 5.74) is 7.40. The largest absolute Gasteiger partial charge is 0.398 e. The normalized spacial score (nSPS) is 10.8. The highest BCUT2D eigenvalue weighted by atomic mass is 35.5. The van der Waals surface area contributed by atoms with Crippen LogP contribution in [-0.4, -0.2) is 10.1 Å². The zero-order valence-corrected chi connectivity index (χ0v) is 12.0. The Morgan fingerprint density at radius 2 is 1.90 bits per heavy atom. The third-order valence-corrected chi connectivity index (χ3v) is 3.37. The van der Waals surface area contributed by atoms with Crippen molar-refractivity contribution in [2.45, 2.75) is 0 Å². The van der Waals surface area contributed by atoms with E-state index in [1.54, 1.807) is 18.2 Å². The second-order valence-corrected chi connectivity index (χ2v) is 5.13. The second-order valence-electron chi connectivity index (χ2n) is 4.28. The molecule has 4 nitrogen and oxygen atoms in total. The summed E-state index contributed by atoms with van der Waals surface area (Å²) < 4.78 is 18.3. The summed E-state index contributed by atoms with van der Waals surface area (Å²) in [4.78, 5) is 4.23. The number of hydrogen-bond acceptors (Lipinski definition) is 4. The van der Waals surface area contributed by atoms with Gasteiger partial charge in [-0.25, -0.2) is 4.39 Å². The molecule has 0 saturated carbocycles. The summed E-state index contributed by atoms with van der Waals surface area (Å²) in [6.07, 6.45) is 0. The lowest BCUT2D eigenvalue weighted by atomic mass is 10.2. The quantitative estimate of drug-likeness (QED) is 0.708. The summed E-state index contributed by atoms with van der Waals surface area (Å²) in [6, 6.07) is 9.12. The van der Waals surface area contributed by atoms with Crippen LogP contribution >= 0.6 is 23.2 Å². The molecule has 0 unspecified atom stereocenters. The predicted octanol–water partition coefficient (Wildman–Crippen LogP) is 4.43. The Morgan fingerprint density at radius 1 is 1.10 bits per heavy atom. The van der Waals surface area contributed by atoms with Crippen LogP contribution in [0, 0.1) is 5.82 Å². The van der Waals surface area contributed by atoms with Gasteiger partial charge in [-0.15, -0.1) is 0 Å². The van der Waals surface area contributed by atoms with Gasteiger partial charge in [-0.05, 0) is 36.4 Å². The number of nitrogens with two attached hydrogens (primary N) is 1. The molecule has 0 aliphatic rings. The van der Waals surface area contributed by atoms with Gasteiger partial charge in [0, 0.05) is 16.3 Å². The van der Waals surface area contributed by atoms with Crippen molar-refractivity contribution in [1.82, 2.24) is 10.1 Å². The van der Waals surface area contributed by atoms with Crippen molar-refractivity contribution in [2.75, 3.05) is 5.73 Å². The topological polar surface area (TPSA) is 64.9 Å². The van der Waals surface area contributed by atoms with Crippen LogP contribution in [0.3, 0.4) is 0 Å². The Balaban J connectivity index is 2.03. The van der Waals surface area contributed by atoms with E-state index in [9.17, 15) is 4.39 Å². The van der Waals surface area contributed by atoms with Gasteiger partial charge in [0.2, 0.25) is 5.82 Å². The number of hydrogen-bond donors (Lipinski definition) is 1. The van der Waals surface area contributed by atoms with Crippen LogP contribution in [0.1, 0.15) is 0 Å². The summed E-state index contributed by atoms with van der Waals surface area (Å²) in [5, 5.41) is 4.33. The maximum absolute atomic E-state index is 13.2. The fourth-order valence-corrected chi connectivity index (χ4v) is 2.15. The summed E-state index contributed by atoms with van der Waals surface area (Å²) in [6.45, 7) is 0. The lowest BCUT2D eigenvalue weighted by molar-refractivity contribution is 0.432. The molecule has 0 atom stereocenters. The molecule has 1 heterocycles. The lowest BCUT2D eigenvalue weighted by Gasteiger charge is -2.00. The van der Waals surface area contributed by atoms with Crippen LogP contribution in [0.15, 0.2) is 40.9 Å². The average molecular weight is 324 g/mol. The molecule has 2 aromatic carbocycles. The lowest BCUT2D eigenvalue weighted by Crippen LogP contribution is -1.90. The highest BCUT2D eigenvalue weighted by Crippen LogP contribution is 2.30. The molecule has 0 saturated heterocycles. The summed E-state index contributed by atoms with van der Waals surface area (Å²) >= 11 is 11.7. The Hall–Kier alpha value is -2.11. The van der Waals surface area contributed by atoms with Gasteiger partial charge in [0.05, 0.1) is 10.6 Å². The Bertz CT molecular complexity index is 820. The molecule has 7 heteroatoms. The number of nitrogens with zero attached hydrogens (tertiary/aromatic N) is 2. The van der Waals surface area contributed by atoms with E-state index in [-0.39, 0.29) is 16.7 Å². The molecule has 106 valence electrons. The van der Waals surface area contributed by atoms with Crippen LogP contribution in [0.4, 0.5) is 10.1 Å². The highest BCUT2D eigenvalue weighted by molar-refractivity contribution is 6.31. The molecule has 0 spiro atoms. The van der Waals surface area contributed by atoms with E-state index in [0.717, 1.165) is 0 Å². The summed E-state index contributed by atoms with van der Waals surface area (Å²) in [5.74, 6) is -0.0000522.